The summed E-state index contributed by atoms with van der Waals surface area (Å²) in [5, 5.41) is 0.774. The summed E-state index contributed by atoms with van der Waals surface area (Å²) < 4.78 is 0. The average Bonchev–Trinajstić information content (AvgIpc) is 2.40. The van der Waals surface area contributed by atoms with Crippen LogP contribution < -0.4 is 0 Å². The first kappa shape index (κ1) is 12.7. The maximum atomic E-state index is 10.6. The van der Waals surface area contributed by atoms with Crippen LogP contribution in [-0.4, -0.2) is 11.5 Å². The van der Waals surface area contributed by atoms with Crippen LogP contribution in [0.3, 0.4) is 0 Å². The molecule has 92 valence electrons. The van der Waals surface area contributed by atoms with Crippen LogP contribution in [0.5, 0.6) is 0 Å². The fourth-order valence-corrected chi connectivity index (χ4v) is 3.87. The largest absolute Gasteiger partial charge is 0.298 e. The minimum absolute atomic E-state index is 0.768. The van der Waals surface area contributed by atoms with Crippen LogP contribution in [0.2, 0.25) is 0 Å². The Morgan fingerprint density at radius 2 is 2.06 bits per heavy atom. The third-order valence-corrected chi connectivity index (χ3v) is 4.94. The van der Waals surface area contributed by atoms with Crippen LogP contribution in [0.25, 0.3) is 0 Å². The van der Waals surface area contributed by atoms with Gasteiger partial charge in [-0.1, -0.05) is 38.3 Å². The summed E-state index contributed by atoms with van der Waals surface area (Å²) in [4.78, 5) is 11.9. The molecule has 2 atom stereocenters. The van der Waals surface area contributed by atoms with E-state index in [1.807, 2.05) is 23.9 Å². The van der Waals surface area contributed by atoms with E-state index < -0.39 is 0 Å². The molecule has 0 bridgehead atoms. The molecular weight excluding hydrogens is 228 g/mol. The fraction of sp³-hybridized carbons (Fsp3) is 0.533. The van der Waals surface area contributed by atoms with Gasteiger partial charge in [0.2, 0.25) is 0 Å². The monoisotopic (exact) mass is 248 g/mol. The molecule has 17 heavy (non-hydrogen) atoms. The second-order valence-corrected chi connectivity index (χ2v) is 6.24. The van der Waals surface area contributed by atoms with Crippen molar-refractivity contribution in [3.05, 3.63) is 29.8 Å². The third kappa shape index (κ3) is 3.60. The molecule has 1 aliphatic carbocycles. The second-order valence-electron chi connectivity index (χ2n) is 4.87. The zero-order valence-electron chi connectivity index (χ0n) is 10.4. The van der Waals surface area contributed by atoms with Crippen LogP contribution in [0, 0.1) is 5.92 Å². The highest BCUT2D eigenvalue weighted by Crippen LogP contribution is 2.37. The predicted octanol–water partition coefficient (Wildman–Crippen LogP) is 4.56. The van der Waals surface area contributed by atoms with Crippen molar-refractivity contribution in [2.24, 2.45) is 5.92 Å². The van der Waals surface area contributed by atoms with E-state index in [2.05, 4.69) is 19.1 Å². The highest BCUT2D eigenvalue weighted by Gasteiger charge is 2.21. The molecule has 1 aromatic carbocycles. The van der Waals surface area contributed by atoms with Crippen LogP contribution in [0.15, 0.2) is 29.2 Å². The first-order valence-corrected chi connectivity index (χ1v) is 7.41. The average molecular weight is 248 g/mol. The maximum absolute atomic E-state index is 10.6. The Hall–Kier alpha value is -0.760. The van der Waals surface area contributed by atoms with Crippen molar-refractivity contribution in [1.29, 1.82) is 0 Å². The van der Waals surface area contributed by atoms with Crippen LogP contribution in [0.1, 0.15) is 49.4 Å². The van der Waals surface area contributed by atoms with E-state index in [1.54, 1.807) is 0 Å². The van der Waals surface area contributed by atoms with Crippen molar-refractivity contribution in [2.75, 3.05) is 0 Å². The van der Waals surface area contributed by atoms with Crippen LogP contribution >= 0.6 is 11.8 Å². The molecule has 1 aliphatic rings. The lowest BCUT2D eigenvalue weighted by Crippen LogP contribution is -2.16. The van der Waals surface area contributed by atoms with Crippen molar-refractivity contribution >= 4 is 18.0 Å². The van der Waals surface area contributed by atoms with Gasteiger partial charge in [0.1, 0.15) is 6.29 Å². The Morgan fingerprint density at radius 1 is 1.29 bits per heavy atom. The molecule has 0 radical (unpaired) electrons. The molecule has 1 nitrogen and oxygen atoms in total. The number of hydrogen-bond acceptors (Lipinski definition) is 2. The van der Waals surface area contributed by atoms with Gasteiger partial charge in [-0.05, 0) is 30.9 Å². The van der Waals surface area contributed by atoms with Gasteiger partial charge in [0, 0.05) is 15.7 Å². The minimum Gasteiger partial charge on any atom is -0.298 e. The Balaban J connectivity index is 1.92. The van der Waals surface area contributed by atoms with Gasteiger partial charge >= 0.3 is 0 Å². The molecule has 0 aromatic heterocycles. The summed E-state index contributed by atoms with van der Waals surface area (Å²) in [5.41, 5.74) is 0.768. The van der Waals surface area contributed by atoms with Crippen molar-refractivity contribution in [3.8, 4) is 0 Å². The van der Waals surface area contributed by atoms with Gasteiger partial charge in [-0.15, -0.1) is 11.8 Å². The van der Waals surface area contributed by atoms with Crippen LogP contribution in [-0.2, 0) is 0 Å². The second kappa shape index (κ2) is 6.25. The molecule has 2 rings (SSSR count). The highest BCUT2D eigenvalue weighted by atomic mass is 32.2. The van der Waals surface area contributed by atoms with Crippen molar-refractivity contribution < 1.29 is 4.79 Å². The molecule has 0 spiro atoms. The predicted molar refractivity (Wildman–Crippen MR) is 73.7 cm³/mol. The first-order valence-electron chi connectivity index (χ1n) is 6.53. The molecule has 1 saturated carbocycles. The first-order chi connectivity index (χ1) is 8.31. The lowest BCUT2D eigenvalue weighted by atomic mass is 9.87. The number of rotatable bonds is 4. The van der Waals surface area contributed by atoms with Gasteiger partial charge in [-0.25, -0.2) is 0 Å². The zero-order chi connectivity index (χ0) is 12.1. The normalized spacial score (nSPS) is 24.5. The number of benzene rings is 1. The molecule has 2 heteroatoms. The topological polar surface area (TPSA) is 17.1 Å². The van der Waals surface area contributed by atoms with Gasteiger partial charge in [-0.3, -0.25) is 4.79 Å². The van der Waals surface area contributed by atoms with Gasteiger partial charge in [0.25, 0.3) is 0 Å². The molecule has 2 unspecified atom stereocenters. The Bertz CT molecular complexity index is 358. The maximum Gasteiger partial charge on any atom is 0.150 e. The lowest BCUT2D eigenvalue weighted by molar-refractivity contribution is 0.112. The van der Waals surface area contributed by atoms with Gasteiger partial charge in [-0.2, -0.15) is 0 Å². The summed E-state index contributed by atoms with van der Waals surface area (Å²) >= 11 is 1.99. The molecule has 0 N–H and O–H groups in total. The van der Waals surface area contributed by atoms with Crippen molar-refractivity contribution in [1.82, 2.24) is 0 Å². The van der Waals surface area contributed by atoms with E-state index in [-0.39, 0.29) is 0 Å². The molecule has 0 saturated heterocycles. The lowest BCUT2D eigenvalue weighted by Gasteiger charge is -2.27. The van der Waals surface area contributed by atoms with Crippen molar-refractivity contribution in [2.45, 2.75) is 49.2 Å². The van der Waals surface area contributed by atoms with Gasteiger partial charge < -0.3 is 0 Å². The van der Waals surface area contributed by atoms with E-state index >= 15 is 0 Å². The summed E-state index contributed by atoms with van der Waals surface area (Å²) in [6, 6.07) is 7.97. The quantitative estimate of drug-likeness (QED) is 0.727. The number of aldehydes is 1. The van der Waals surface area contributed by atoms with Gasteiger partial charge in [0.15, 0.2) is 0 Å². The molecule has 0 aliphatic heterocycles. The molecular formula is C15H20OS. The molecule has 0 heterocycles. The summed E-state index contributed by atoms with van der Waals surface area (Å²) in [7, 11) is 0. The van der Waals surface area contributed by atoms with E-state index in [4.69, 9.17) is 0 Å². The third-order valence-electron chi connectivity index (χ3n) is 3.63. The molecule has 0 amide bonds. The fourth-order valence-electron chi connectivity index (χ4n) is 2.54. The number of carbonyl (C=O) groups is 1. The summed E-state index contributed by atoms with van der Waals surface area (Å²) in [6.45, 7) is 2.30. The molecule has 1 fully saturated rings. The smallest absolute Gasteiger partial charge is 0.150 e. The van der Waals surface area contributed by atoms with E-state index in [9.17, 15) is 4.79 Å². The Morgan fingerprint density at radius 3 is 2.71 bits per heavy atom. The van der Waals surface area contributed by atoms with E-state index in [1.165, 1.54) is 37.0 Å². The standard InChI is InChI=1S/C15H20OS/c1-2-12-4-3-5-15(10-12)17-14-8-6-13(11-16)7-9-14/h6-9,11-12,15H,2-5,10H2,1H3. The number of thioether (sulfide) groups is 1. The van der Waals surface area contributed by atoms with Gasteiger partial charge in [0.05, 0.1) is 0 Å². The SMILES string of the molecule is CCC1CCCC(Sc2ccc(C=O)cc2)C1. The Kier molecular flexibility index (Phi) is 4.66. The van der Waals surface area contributed by atoms with E-state index in [0.29, 0.717) is 0 Å². The summed E-state index contributed by atoms with van der Waals surface area (Å²) in [5.74, 6) is 0.926. The van der Waals surface area contributed by atoms with E-state index in [0.717, 1.165) is 23.0 Å². The Labute approximate surface area is 108 Å². The number of hydrogen-bond donors (Lipinski definition) is 0. The highest BCUT2D eigenvalue weighted by molar-refractivity contribution is 8.00. The van der Waals surface area contributed by atoms with Crippen molar-refractivity contribution in [3.63, 3.8) is 0 Å². The zero-order valence-corrected chi connectivity index (χ0v) is 11.2. The molecule has 1 aromatic rings. The number of carbonyl (C=O) groups excluding carboxylic acids is 1. The minimum atomic E-state index is 0.768. The van der Waals surface area contributed by atoms with Crippen LogP contribution in [0.4, 0.5) is 0 Å². The summed E-state index contributed by atoms with van der Waals surface area (Å²) in [6.07, 6.45) is 7.72.